The van der Waals surface area contributed by atoms with Gasteiger partial charge in [-0.2, -0.15) is 0 Å². The summed E-state index contributed by atoms with van der Waals surface area (Å²) in [6, 6.07) is 12.3. The number of aromatic nitrogens is 2. The molecule has 0 saturated heterocycles. The molecule has 1 aliphatic heterocycles. The smallest absolute Gasteiger partial charge is 0.397 e. The van der Waals surface area contributed by atoms with E-state index in [0.717, 1.165) is 24.4 Å². The van der Waals surface area contributed by atoms with Gasteiger partial charge in [-0.3, -0.25) is 0 Å². The lowest BCUT2D eigenvalue weighted by molar-refractivity contribution is -0.685. The molecule has 4 rings (SSSR count). The topological polar surface area (TPSA) is 40.2 Å². The molecule has 5 heteroatoms. The summed E-state index contributed by atoms with van der Waals surface area (Å²) < 4.78 is 2.07. The van der Waals surface area contributed by atoms with Gasteiger partial charge in [-0.25, -0.2) is 9.47 Å². The zero-order chi connectivity index (χ0) is 15.0. The molecule has 2 heterocycles. The Morgan fingerprint density at radius 3 is 2.57 bits per heavy atom. The molecule has 1 unspecified atom stereocenters. The van der Waals surface area contributed by atoms with E-state index in [1.165, 1.54) is 19.3 Å². The van der Waals surface area contributed by atoms with Gasteiger partial charge in [0, 0.05) is 11.6 Å². The number of halogens is 1. The Morgan fingerprint density at radius 1 is 1.09 bits per heavy atom. The van der Waals surface area contributed by atoms with Crippen LogP contribution >= 0.6 is 0 Å². The first kappa shape index (κ1) is 16.4. The van der Waals surface area contributed by atoms with Crippen LogP contribution in [0.1, 0.15) is 37.7 Å². The summed E-state index contributed by atoms with van der Waals surface area (Å²) in [5.74, 6) is 0.890. The second-order valence-corrected chi connectivity index (χ2v) is 6.39. The predicted octanol–water partition coefficient (Wildman–Crippen LogP) is -0.629. The van der Waals surface area contributed by atoms with E-state index < -0.39 is 5.72 Å². The minimum atomic E-state index is -0.995. The van der Waals surface area contributed by atoms with E-state index in [9.17, 15) is 5.11 Å². The number of anilines is 1. The van der Waals surface area contributed by atoms with Gasteiger partial charge in [0.15, 0.2) is 0 Å². The van der Waals surface area contributed by atoms with Crippen LogP contribution in [0.4, 0.5) is 5.95 Å². The molecule has 2 aromatic rings. The Bertz CT molecular complexity index is 660. The maximum absolute atomic E-state index is 11.6. The standard InChI is InChI=1S/C18H22N3O.BrH/c22-18(15-8-3-1-4-9-15)14-20-13-7-12-19-17(20)21(18)16-10-5-2-6-11-16;/h1,3-4,7-9,12-13,16,22H,2,5-6,10-11,14H2;1H/q+1;/p-1. The molecule has 4 nitrogen and oxygen atoms in total. The highest BCUT2D eigenvalue weighted by atomic mass is 79.9. The molecule has 0 spiro atoms. The first-order valence-corrected chi connectivity index (χ1v) is 8.21. The predicted molar refractivity (Wildman–Crippen MR) is 84.1 cm³/mol. The van der Waals surface area contributed by atoms with Crippen LogP contribution in [-0.4, -0.2) is 16.1 Å². The Balaban J connectivity index is 0.00000156. The maximum atomic E-state index is 11.6. The Hall–Kier alpha value is -1.46. The van der Waals surface area contributed by atoms with Crippen molar-refractivity contribution in [2.45, 2.75) is 50.4 Å². The lowest BCUT2D eigenvalue weighted by Crippen LogP contribution is -3.00. The van der Waals surface area contributed by atoms with E-state index in [2.05, 4.69) is 14.5 Å². The van der Waals surface area contributed by atoms with Gasteiger partial charge >= 0.3 is 5.95 Å². The molecular weight excluding hydrogens is 354 g/mol. The second kappa shape index (κ2) is 6.57. The van der Waals surface area contributed by atoms with Crippen LogP contribution < -0.4 is 26.4 Å². The van der Waals surface area contributed by atoms with Crippen LogP contribution in [0.5, 0.6) is 0 Å². The number of hydrogen-bond acceptors (Lipinski definition) is 3. The Kier molecular flexibility index (Phi) is 4.69. The van der Waals surface area contributed by atoms with Crippen LogP contribution in [0.15, 0.2) is 48.8 Å². The third kappa shape index (κ3) is 2.76. The quantitative estimate of drug-likeness (QED) is 0.710. The molecule has 1 atom stereocenters. The average Bonchev–Trinajstić information content (AvgIpc) is 2.90. The number of hydrogen-bond donors (Lipinski definition) is 1. The number of nitrogens with zero attached hydrogens (tertiary/aromatic N) is 3. The average molecular weight is 376 g/mol. The summed E-state index contributed by atoms with van der Waals surface area (Å²) in [6.07, 6.45) is 9.86. The number of benzene rings is 1. The summed E-state index contributed by atoms with van der Waals surface area (Å²) in [6.45, 7) is 0.538. The van der Waals surface area contributed by atoms with Crippen molar-refractivity contribution in [1.29, 1.82) is 0 Å². The minimum Gasteiger partial charge on any atom is -1.00 e. The molecule has 23 heavy (non-hydrogen) atoms. The summed E-state index contributed by atoms with van der Waals surface area (Å²) in [7, 11) is 0. The van der Waals surface area contributed by atoms with Gasteiger partial charge in [0.2, 0.25) is 5.72 Å². The van der Waals surface area contributed by atoms with Crippen molar-refractivity contribution in [3.8, 4) is 0 Å². The number of rotatable bonds is 2. The van der Waals surface area contributed by atoms with Gasteiger partial charge < -0.3 is 22.1 Å². The van der Waals surface area contributed by atoms with Crippen molar-refractivity contribution in [1.82, 2.24) is 4.98 Å². The molecule has 1 aliphatic carbocycles. The summed E-state index contributed by atoms with van der Waals surface area (Å²) in [5, 5.41) is 11.6. The van der Waals surface area contributed by atoms with E-state index in [1.54, 1.807) is 0 Å². The van der Waals surface area contributed by atoms with E-state index in [-0.39, 0.29) is 17.0 Å². The lowest BCUT2D eigenvalue weighted by Gasteiger charge is -2.36. The van der Waals surface area contributed by atoms with Gasteiger partial charge in [-0.1, -0.05) is 54.6 Å². The molecule has 122 valence electrons. The van der Waals surface area contributed by atoms with Crippen molar-refractivity contribution < 1.29 is 26.7 Å². The number of aliphatic hydroxyl groups is 1. The van der Waals surface area contributed by atoms with Crippen molar-refractivity contribution in [3.63, 3.8) is 0 Å². The van der Waals surface area contributed by atoms with Crippen molar-refractivity contribution in [3.05, 3.63) is 54.4 Å². The fourth-order valence-electron chi connectivity index (χ4n) is 3.94. The molecule has 1 saturated carbocycles. The SMILES string of the molecule is OC1(c2ccccc2)C[n+]2cccnc2N1C1CCCCC1.[Br-]. The third-order valence-electron chi connectivity index (χ3n) is 4.98. The molecular formula is C18H22BrN3O. The molecule has 1 N–H and O–H groups in total. The highest BCUT2D eigenvalue weighted by molar-refractivity contribution is 5.39. The molecule has 2 aliphatic rings. The zero-order valence-electron chi connectivity index (χ0n) is 13.1. The molecule has 0 amide bonds. The van der Waals surface area contributed by atoms with Crippen LogP contribution in [0.2, 0.25) is 0 Å². The zero-order valence-corrected chi connectivity index (χ0v) is 14.7. The van der Waals surface area contributed by atoms with E-state index in [0.29, 0.717) is 12.6 Å². The van der Waals surface area contributed by atoms with Gasteiger partial charge in [-0.15, -0.1) is 0 Å². The number of fused-ring (bicyclic) bond motifs is 1. The second-order valence-electron chi connectivity index (χ2n) is 6.39. The fourth-order valence-corrected chi connectivity index (χ4v) is 3.94. The summed E-state index contributed by atoms with van der Waals surface area (Å²) in [4.78, 5) is 6.73. The van der Waals surface area contributed by atoms with E-state index in [1.807, 2.05) is 48.8 Å². The Labute approximate surface area is 147 Å². The highest BCUT2D eigenvalue weighted by Crippen LogP contribution is 2.39. The molecule has 0 radical (unpaired) electrons. The van der Waals surface area contributed by atoms with E-state index in [4.69, 9.17) is 0 Å². The van der Waals surface area contributed by atoms with Crippen LogP contribution in [0.3, 0.4) is 0 Å². The first-order chi connectivity index (χ1) is 10.8. The van der Waals surface area contributed by atoms with Gasteiger partial charge in [0.1, 0.15) is 12.7 Å². The van der Waals surface area contributed by atoms with Crippen LogP contribution in [0, 0.1) is 0 Å². The lowest BCUT2D eigenvalue weighted by atomic mass is 9.91. The molecule has 1 aromatic heterocycles. The van der Waals surface area contributed by atoms with Crippen LogP contribution in [0.25, 0.3) is 0 Å². The van der Waals surface area contributed by atoms with E-state index >= 15 is 0 Å². The van der Waals surface area contributed by atoms with Crippen LogP contribution in [-0.2, 0) is 12.3 Å². The third-order valence-corrected chi connectivity index (χ3v) is 4.98. The molecule has 0 bridgehead atoms. The Morgan fingerprint density at radius 2 is 1.83 bits per heavy atom. The molecule has 1 fully saturated rings. The summed E-state index contributed by atoms with van der Waals surface area (Å²) >= 11 is 0. The van der Waals surface area contributed by atoms with Crippen molar-refractivity contribution >= 4 is 5.95 Å². The minimum absolute atomic E-state index is 0. The fraction of sp³-hybridized carbons (Fsp3) is 0.444. The largest absolute Gasteiger partial charge is 1.00 e. The van der Waals surface area contributed by atoms with Gasteiger partial charge in [0.05, 0.1) is 12.2 Å². The summed E-state index contributed by atoms with van der Waals surface area (Å²) in [5.41, 5.74) is -0.0453. The van der Waals surface area contributed by atoms with Crippen molar-refractivity contribution in [2.24, 2.45) is 0 Å². The maximum Gasteiger partial charge on any atom is 0.397 e. The molecule has 1 aromatic carbocycles. The van der Waals surface area contributed by atoms with Gasteiger partial charge in [-0.05, 0) is 12.8 Å². The highest BCUT2D eigenvalue weighted by Gasteiger charge is 2.54. The van der Waals surface area contributed by atoms with Gasteiger partial charge in [0.25, 0.3) is 0 Å². The first-order valence-electron chi connectivity index (χ1n) is 8.21. The van der Waals surface area contributed by atoms with Crippen molar-refractivity contribution in [2.75, 3.05) is 4.90 Å². The monoisotopic (exact) mass is 375 g/mol. The normalized spacial score (nSPS) is 24.1.